The Bertz CT molecular complexity index is 259. The number of nitrogens with zero attached hydrogens (tertiary/aromatic N) is 3. The quantitative estimate of drug-likeness (QED) is 0.314. The zero-order chi connectivity index (χ0) is 8.65. The summed E-state index contributed by atoms with van der Waals surface area (Å²) in [5, 5.41) is 5.97. The molecule has 0 saturated heterocycles. The van der Waals surface area contributed by atoms with Gasteiger partial charge in [0.1, 0.15) is 5.75 Å². The first-order valence-corrected chi connectivity index (χ1v) is 3.23. The van der Waals surface area contributed by atoms with Gasteiger partial charge in [0.15, 0.2) is 6.40 Å². The predicted octanol–water partition coefficient (Wildman–Crippen LogP) is 2.33. The normalized spacial score (nSPS) is 9.67. The van der Waals surface area contributed by atoms with Crippen molar-refractivity contribution in [3.05, 3.63) is 35.9 Å². The maximum absolute atomic E-state index is 6.27. The molecule has 0 spiro atoms. The predicted molar refractivity (Wildman–Crippen MR) is 44.1 cm³/mol. The number of hydrogen-bond donors (Lipinski definition) is 1. The molecular formula is C7H7N4O-. The van der Waals surface area contributed by atoms with Crippen LogP contribution in [0.25, 0.3) is 5.53 Å². The van der Waals surface area contributed by atoms with E-state index in [1.807, 2.05) is 18.2 Å². The Hall–Kier alpha value is -1.91. The van der Waals surface area contributed by atoms with Crippen LogP contribution in [0.1, 0.15) is 0 Å². The van der Waals surface area contributed by atoms with Crippen LogP contribution < -0.4 is 4.74 Å². The Morgan fingerprint density at radius 3 is 2.75 bits per heavy atom. The van der Waals surface area contributed by atoms with Crippen molar-refractivity contribution >= 4 is 6.40 Å². The lowest BCUT2D eigenvalue weighted by molar-refractivity contribution is 0.573. The highest BCUT2D eigenvalue weighted by Gasteiger charge is 1.84. The van der Waals surface area contributed by atoms with Gasteiger partial charge in [0.2, 0.25) is 0 Å². The van der Waals surface area contributed by atoms with E-state index in [2.05, 4.69) is 15.9 Å². The molecule has 0 bridgehead atoms. The van der Waals surface area contributed by atoms with Gasteiger partial charge in [-0.1, -0.05) is 18.2 Å². The van der Waals surface area contributed by atoms with Gasteiger partial charge in [-0.15, -0.1) is 0 Å². The van der Waals surface area contributed by atoms with Gasteiger partial charge in [0.05, 0.1) is 0 Å². The monoisotopic (exact) mass is 163 g/mol. The zero-order valence-corrected chi connectivity index (χ0v) is 6.21. The van der Waals surface area contributed by atoms with Crippen LogP contribution in [0.15, 0.2) is 40.7 Å². The van der Waals surface area contributed by atoms with Gasteiger partial charge in [0.25, 0.3) is 0 Å². The molecule has 5 nitrogen and oxygen atoms in total. The van der Waals surface area contributed by atoms with E-state index in [0.29, 0.717) is 5.75 Å². The second-order valence-electron chi connectivity index (χ2n) is 1.84. The van der Waals surface area contributed by atoms with Gasteiger partial charge in [-0.3, -0.25) is 10.8 Å². The highest BCUT2D eigenvalue weighted by atomic mass is 16.5. The molecule has 0 aromatic heterocycles. The van der Waals surface area contributed by atoms with Crippen molar-refractivity contribution in [3.63, 3.8) is 0 Å². The van der Waals surface area contributed by atoms with E-state index in [9.17, 15) is 0 Å². The van der Waals surface area contributed by atoms with Crippen molar-refractivity contribution in [2.24, 2.45) is 10.3 Å². The Balaban J connectivity index is 2.38. The Labute approximate surface area is 69.5 Å². The molecule has 0 unspecified atom stereocenters. The van der Waals surface area contributed by atoms with Gasteiger partial charge in [0, 0.05) is 0 Å². The standard InChI is InChI=1S/C7H7N4O/c8-10-11-9-6-12-7-4-2-1-3-5-7/h1-6H,(H-,8,11)/q-1/b9-6+. The van der Waals surface area contributed by atoms with Crippen LogP contribution in [0.5, 0.6) is 5.75 Å². The van der Waals surface area contributed by atoms with E-state index in [4.69, 9.17) is 10.3 Å². The minimum atomic E-state index is 0.668. The fourth-order valence-electron chi connectivity index (χ4n) is 0.630. The summed E-state index contributed by atoms with van der Waals surface area (Å²) in [5.41, 5.74) is 9.30. The first-order chi connectivity index (χ1) is 5.93. The second-order valence-corrected chi connectivity index (χ2v) is 1.84. The number of nitrogens with one attached hydrogen (secondary N) is 1. The molecule has 0 heterocycles. The summed E-state index contributed by atoms with van der Waals surface area (Å²) >= 11 is 0. The molecule has 5 heteroatoms. The molecule has 0 aliphatic carbocycles. The molecule has 1 N–H and O–H groups in total. The molecule has 62 valence electrons. The van der Waals surface area contributed by atoms with Gasteiger partial charge < -0.3 is 10.3 Å². The number of benzene rings is 1. The lowest BCUT2D eigenvalue weighted by Gasteiger charge is -1.97. The van der Waals surface area contributed by atoms with E-state index in [1.165, 1.54) is 0 Å². The van der Waals surface area contributed by atoms with Crippen molar-refractivity contribution in [2.45, 2.75) is 0 Å². The molecule has 1 aromatic carbocycles. The summed E-state index contributed by atoms with van der Waals surface area (Å²) in [7, 11) is 0. The lowest BCUT2D eigenvalue weighted by Crippen LogP contribution is -1.87. The molecule has 0 aliphatic rings. The lowest BCUT2D eigenvalue weighted by atomic mass is 10.3. The summed E-state index contributed by atoms with van der Waals surface area (Å²) in [6.45, 7) is 0. The van der Waals surface area contributed by atoms with E-state index < -0.39 is 0 Å². The minimum Gasteiger partial charge on any atom is -0.446 e. The van der Waals surface area contributed by atoms with E-state index >= 15 is 0 Å². The van der Waals surface area contributed by atoms with Gasteiger partial charge >= 0.3 is 0 Å². The molecule has 1 rings (SSSR count). The average molecular weight is 163 g/mol. The van der Waals surface area contributed by atoms with E-state index in [1.54, 1.807) is 12.1 Å². The SMILES string of the molecule is N=N[N-]/N=C/Oc1ccccc1. The molecule has 0 saturated carbocycles. The number of para-hydroxylation sites is 1. The smallest absolute Gasteiger partial charge is 0.181 e. The first-order valence-electron chi connectivity index (χ1n) is 3.23. The van der Waals surface area contributed by atoms with E-state index in [0.717, 1.165) is 6.40 Å². The second kappa shape index (κ2) is 4.84. The van der Waals surface area contributed by atoms with Crippen molar-refractivity contribution < 1.29 is 4.74 Å². The average Bonchev–Trinajstić information content (AvgIpc) is 2.14. The topological polar surface area (TPSA) is 71.9 Å². The number of hydrogen-bond acceptors (Lipinski definition) is 4. The maximum Gasteiger partial charge on any atom is 0.181 e. The molecule has 0 aliphatic heterocycles. The zero-order valence-electron chi connectivity index (χ0n) is 6.21. The largest absolute Gasteiger partial charge is 0.446 e. The molecule has 0 amide bonds. The van der Waals surface area contributed by atoms with Crippen molar-refractivity contribution in [1.29, 1.82) is 5.53 Å². The van der Waals surface area contributed by atoms with Crippen LogP contribution in [0.3, 0.4) is 0 Å². The summed E-state index contributed by atoms with van der Waals surface area (Å²) < 4.78 is 4.98. The minimum absolute atomic E-state index is 0.668. The highest BCUT2D eigenvalue weighted by molar-refractivity contribution is 5.52. The third-order valence-corrected chi connectivity index (χ3v) is 1.08. The fraction of sp³-hybridized carbons (Fsp3) is 0. The third-order valence-electron chi connectivity index (χ3n) is 1.08. The highest BCUT2D eigenvalue weighted by Crippen LogP contribution is 2.06. The molecular weight excluding hydrogens is 156 g/mol. The number of rotatable bonds is 4. The summed E-state index contributed by atoms with van der Waals surface area (Å²) in [4.78, 5) is 0. The van der Waals surface area contributed by atoms with Crippen LogP contribution in [-0.2, 0) is 0 Å². The Morgan fingerprint density at radius 2 is 2.08 bits per heavy atom. The molecule has 12 heavy (non-hydrogen) atoms. The van der Waals surface area contributed by atoms with Crippen LogP contribution in [0, 0.1) is 5.53 Å². The molecule has 0 radical (unpaired) electrons. The summed E-state index contributed by atoms with van der Waals surface area (Å²) in [6, 6.07) is 9.13. The Kier molecular flexibility index (Phi) is 3.30. The van der Waals surface area contributed by atoms with Gasteiger partial charge in [-0.2, -0.15) is 0 Å². The van der Waals surface area contributed by atoms with Crippen molar-refractivity contribution in [1.82, 2.24) is 0 Å². The van der Waals surface area contributed by atoms with Crippen LogP contribution >= 0.6 is 0 Å². The number of ether oxygens (including phenoxy) is 1. The third kappa shape index (κ3) is 2.78. The van der Waals surface area contributed by atoms with Crippen molar-refractivity contribution in [2.75, 3.05) is 0 Å². The van der Waals surface area contributed by atoms with Crippen LogP contribution in [0.2, 0.25) is 0 Å². The first kappa shape index (κ1) is 8.19. The van der Waals surface area contributed by atoms with Crippen molar-refractivity contribution in [3.8, 4) is 5.75 Å². The summed E-state index contributed by atoms with van der Waals surface area (Å²) in [5.74, 6) is 0.668. The van der Waals surface area contributed by atoms with Crippen LogP contribution in [-0.4, -0.2) is 6.40 Å². The van der Waals surface area contributed by atoms with Gasteiger partial charge in [-0.25, -0.2) is 5.10 Å². The van der Waals surface area contributed by atoms with E-state index in [-0.39, 0.29) is 0 Å². The molecule has 1 aromatic rings. The van der Waals surface area contributed by atoms with Crippen LogP contribution in [0.4, 0.5) is 0 Å². The van der Waals surface area contributed by atoms with Gasteiger partial charge in [-0.05, 0) is 12.1 Å². The Morgan fingerprint density at radius 1 is 1.33 bits per heavy atom. The molecule has 0 fully saturated rings. The fourth-order valence-corrected chi connectivity index (χ4v) is 0.630. The molecule has 0 atom stereocenters. The maximum atomic E-state index is 6.27. The summed E-state index contributed by atoms with van der Waals surface area (Å²) in [6.07, 6.45) is 1.12.